The average Bonchev–Trinajstić information content (AvgIpc) is 3.25. The number of aryl methyl sites for hydroxylation is 1. The lowest BCUT2D eigenvalue weighted by molar-refractivity contribution is -0.116. The molecule has 1 aliphatic rings. The lowest BCUT2D eigenvalue weighted by atomic mass is 9.86. The van der Waals surface area contributed by atoms with Gasteiger partial charge in [-0.05, 0) is 36.8 Å². The van der Waals surface area contributed by atoms with Crippen LogP contribution < -0.4 is 5.32 Å². The first-order valence-corrected chi connectivity index (χ1v) is 9.22. The number of anilines is 1. The van der Waals surface area contributed by atoms with E-state index in [2.05, 4.69) is 41.6 Å². The minimum atomic E-state index is -0.0568. The third kappa shape index (κ3) is 2.62. The summed E-state index contributed by atoms with van der Waals surface area (Å²) in [6, 6.07) is 11.7. The third-order valence-electron chi connectivity index (χ3n) is 4.72. The molecule has 1 amide bonds. The zero-order valence-electron chi connectivity index (χ0n) is 14.3. The predicted molar refractivity (Wildman–Crippen MR) is 102 cm³/mol. The van der Waals surface area contributed by atoms with Crippen LogP contribution in [-0.4, -0.2) is 35.5 Å². The first kappa shape index (κ1) is 16.1. The molecule has 0 aliphatic carbocycles. The Morgan fingerprint density at radius 3 is 2.96 bits per heavy atom. The van der Waals surface area contributed by atoms with Gasteiger partial charge < -0.3 is 5.32 Å². The molecule has 4 heterocycles. The Kier molecular flexibility index (Phi) is 3.57. The Balaban J connectivity index is 1.68. The second kappa shape index (κ2) is 5.98. The minimum Gasteiger partial charge on any atom is -0.310 e. The summed E-state index contributed by atoms with van der Waals surface area (Å²) in [4.78, 5) is 12.4. The van der Waals surface area contributed by atoms with Crippen LogP contribution in [0.25, 0.3) is 11.5 Å². The van der Waals surface area contributed by atoms with Crippen LogP contribution in [0.2, 0.25) is 0 Å². The van der Waals surface area contributed by atoms with Gasteiger partial charge in [-0.25, -0.2) is 0 Å². The van der Waals surface area contributed by atoms with Crippen LogP contribution in [0.15, 0.2) is 47.2 Å². The van der Waals surface area contributed by atoms with Crippen molar-refractivity contribution in [3.8, 4) is 5.82 Å². The molecule has 1 aliphatic heterocycles. The van der Waals surface area contributed by atoms with Gasteiger partial charge in [-0.15, -0.1) is 15.3 Å². The van der Waals surface area contributed by atoms with Crippen LogP contribution in [-0.2, 0) is 4.79 Å². The van der Waals surface area contributed by atoms with Gasteiger partial charge in [0, 0.05) is 22.4 Å². The van der Waals surface area contributed by atoms with Gasteiger partial charge in [0.1, 0.15) is 12.1 Å². The van der Waals surface area contributed by atoms with Gasteiger partial charge in [0.2, 0.25) is 5.91 Å². The lowest BCUT2D eigenvalue weighted by Crippen LogP contribution is -2.25. The van der Waals surface area contributed by atoms with Crippen LogP contribution in [0.1, 0.15) is 29.2 Å². The molecule has 1 atom stereocenters. The second-order valence-electron chi connectivity index (χ2n) is 6.44. The molecule has 1 aromatic carbocycles. The number of aromatic nitrogens is 6. The molecule has 0 radical (unpaired) electrons. The Morgan fingerprint density at radius 2 is 2.11 bits per heavy atom. The molecule has 8 nitrogen and oxygen atoms in total. The fourth-order valence-electron chi connectivity index (χ4n) is 3.55. The summed E-state index contributed by atoms with van der Waals surface area (Å²) in [6.07, 6.45) is 1.92. The Labute approximate surface area is 162 Å². The smallest absolute Gasteiger partial charge is 0.226 e. The zero-order chi connectivity index (χ0) is 18.5. The van der Waals surface area contributed by atoms with E-state index < -0.39 is 0 Å². The Hall–Kier alpha value is -3.07. The first-order valence-electron chi connectivity index (χ1n) is 8.42. The number of nitrogens with zero attached hydrogens (tertiary/aromatic N) is 6. The number of hydrogen-bond acceptors (Lipinski definition) is 5. The molecule has 3 aromatic heterocycles. The number of amides is 1. The molecule has 134 valence electrons. The van der Waals surface area contributed by atoms with Gasteiger partial charge in [-0.2, -0.15) is 14.3 Å². The molecule has 5 rings (SSSR count). The number of benzene rings is 1. The number of rotatable bonds is 2. The van der Waals surface area contributed by atoms with Gasteiger partial charge in [0.05, 0.1) is 5.69 Å². The van der Waals surface area contributed by atoms with E-state index in [1.807, 2.05) is 43.3 Å². The van der Waals surface area contributed by atoms with Crippen molar-refractivity contribution in [2.45, 2.75) is 19.3 Å². The topological polar surface area (TPSA) is 90.0 Å². The van der Waals surface area contributed by atoms with Crippen molar-refractivity contribution in [3.63, 3.8) is 0 Å². The summed E-state index contributed by atoms with van der Waals surface area (Å²) in [6.45, 7) is 1.95. The predicted octanol–water partition coefficient (Wildman–Crippen LogP) is 2.86. The molecule has 0 spiro atoms. The van der Waals surface area contributed by atoms with Crippen molar-refractivity contribution in [1.82, 2.24) is 29.6 Å². The van der Waals surface area contributed by atoms with Crippen LogP contribution in [0.5, 0.6) is 0 Å². The third-order valence-corrected chi connectivity index (χ3v) is 5.21. The highest BCUT2D eigenvalue weighted by Gasteiger charge is 2.33. The van der Waals surface area contributed by atoms with E-state index in [0.717, 1.165) is 21.3 Å². The van der Waals surface area contributed by atoms with Gasteiger partial charge in [-0.3, -0.25) is 4.79 Å². The normalized spacial score (nSPS) is 16.4. The molecule has 27 heavy (non-hydrogen) atoms. The fourth-order valence-corrected chi connectivity index (χ4v) is 3.97. The standard InChI is InChI=1S/C18H14BrN7O/c1-10-17-13(11-3-2-4-12(19)7-11)8-16(27)21-18(17)26(23-10)15-6-5-14-22-20-9-25(14)24-15/h2-7,9,13H,8H2,1H3,(H,21,27)/t13-/m0/s1. The van der Waals surface area contributed by atoms with Gasteiger partial charge in [-0.1, -0.05) is 28.1 Å². The number of carbonyl (C=O) groups is 1. The second-order valence-corrected chi connectivity index (χ2v) is 7.36. The quantitative estimate of drug-likeness (QED) is 0.535. The van der Waals surface area contributed by atoms with E-state index in [0.29, 0.717) is 23.7 Å². The van der Waals surface area contributed by atoms with Crippen molar-refractivity contribution in [2.24, 2.45) is 0 Å². The van der Waals surface area contributed by atoms with E-state index in [4.69, 9.17) is 0 Å². The van der Waals surface area contributed by atoms with Crippen molar-refractivity contribution in [1.29, 1.82) is 0 Å². The summed E-state index contributed by atoms with van der Waals surface area (Å²) < 4.78 is 4.23. The highest BCUT2D eigenvalue weighted by molar-refractivity contribution is 9.10. The molecular formula is C18H14BrN7O. The van der Waals surface area contributed by atoms with Crippen molar-refractivity contribution in [2.75, 3.05) is 5.32 Å². The summed E-state index contributed by atoms with van der Waals surface area (Å²) in [5.74, 6) is 1.15. The fraction of sp³-hybridized carbons (Fsp3) is 0.167. The lowest BCUT2D eigenvalue weighted by Gasteiger charge is -2.24. The van der Waals surface area contributed by atoms with Crippen LogP contribution in [0.3, 0.4) is 0 Å². The maximum atomic E-state index is 12.4. The number of nitrogens with one attached hydrogen (secondary N) is 1. The minimum absolute atomic E-state index is 0.0426. The number of hydrogen-bond donors (Lipinski definition) is 1. The molecule has 0 saturated heterocycles. The summed E-state index contributed by atoms with van der Waals surface area (Å²) in [7, 11) is 0. The molecule has 0 fully saturated rings. The van der Waals surface area contributed by atoms with Gasteiger partial charge in [0.15, 0.2) is 11.5 Å². The maximum absolute atomic E-state index is 12.4. The van der Waals surface area contributed by atoms with Crippen molar-refractivity contribution < 1.29 is 4.79 Å². The summed E-state index contributed by atoms with van der Waals surface area (Å²) >= 11 is 3.52. The van der Waals surface area contributed by atoms with Crippen LogP contribution in [0, 0.1) is 6.92 Å². The van der Waals surface area contributed by atoms with Crippen LogP contribution >= 0.6 is 15.9 Å². The maximum Gasteiger partial charge on any atom is 0.226 e. The number of halogens is 1. The molecule has 0 saturated carbocycles. The van der Waals surface area contributed by atoms with E-state index in [-0.39, 0.29) is 11.8 Å². The van der Waals surface area contributed by atoms with E-state index in [1.54, 1.807) is 9.20 Å². The molecule has 4 aromatic rings. The largest absolute Gasteiger partial charge is 0.310 e. The summed E-state index contributed by atoms with van der Waals surface area (Å²) in [5, 5.41) is 19.9. The molecule has 0 bridgehead atoms. The molecular weight excluding hydrogens is 410 g/mol. The van der Waals surface area contributed by atoms with E-state index in [9.17, 15) is 4.79 Å². The summed E-state index contributed by atoms with van der Waals surface area (Å²) in [5.41, 5.74) is 3.59. The SMILES string of the molecule is Cc1nn(-c2ccc3nncn3n2)c2c1[C@H](c1cccc(Br)c1)CC(=O)N2. The Morgan fingerprint density at radius 1 is 1.22 bits per heavy atom. The van der Waals surface area contributed by atoms with Crippen molar-refractivity contribution in [3.05, 3.63) is 64.0 Å². The highest BCUT2D eigenvalue weighted by Crippen LogP contribution is 2.40. The molecule has 0 unspecified atom stereocenters. The highest BCUT2D eigenvalue weighted by atomic mass is 79.9. The monoisotopic (exact) mass is 423 g/mol. The van der Waals surface area contributed by atoms with Gasteiger partial charge >= 0.3 is 0 Å². The number of fused-ring (bicyclic) bond motifs is 2. The van der Waals surface area contributed by atoms with Crippen LogP contribution in [0.4, 0.5) is 5.82 Å². The zero-order valence-corrected chi connectivity index (χ0v) is 15.9. The first-order chi connectivity index (χ1) is 13.1. The molecule has 1 N–H and O–H groups in total. The van der Waals surface area contributed by atoms with Crippen molar-refractivity contribution >= 4 is 33.3 Å². The molecule has 9 heteroatoms. The van der Waals surface area contributed by atoms with E-state index >= 15 is 0 Å². The average molecular weight is 424 g/mol. The van der Waals surface area contributed by atoms with Gasteiger partial charge in [0.25, 0.3) is 0 Å². The number of carbonyl (C=O) groups excluding carboxylic acids is 1. The Bertz CT molecular complexity index is 1200. The van der Waals surface area contributed by atoms with E-state index in [1.165, 1.54) is 6.33 Å².